The minimum absolute atomic E-state index is 0.174. The maximum Gasteiger partial charge on any atom is 0.223 e. The van der Waals surface area contributed by atoms with E-state index in [9.17, 15) is 9.18 Å². The fourth-order valence-electron chi connectivity index (χ4n) is 4.38. The Labute approximate surface area is 189 Å². The third-order valence-electron chi connectivity index (χ3n) is 6.11. The molecule has 2 aromatic carbocycles. The van der Waals surface area contributed by atoms with Crippen LogP contribution < -0.4 is 10.2 Å². The van der Waals surface area contributed by atoms with Crippen LogP contribution in [0.25, 0.3) is 0 Å². The number of benzene rings is 2. The summed E-state index contributed by atoms with van der Waals surface area (Å²) in [5.41, 5.74) is 3.17. The summed E-state index contributed by atoms with van der Waals surface area (Å²) >= 11 is 0. The lowest BCUT2D eigenvalue weighted by Gasteiger charge is -2.37. The number of nitrogens with zero attached hydrogens (tertiary/aromatic N) is 4. The van der Waals surface area contributed by atoms with Crippen molar-refractivity contribution in [2.24, 2.45) is 4.99 Å². The number of nitrogens with one attached hydrogen (secondary N) is 1. The number of guanidine groups is 1. The summed E-state index contributed by atoms with van der Waals surface area (Å²) in [7, 11) is 0. The molecule has 2 aliphatic heterocycles. The van der Waals surface area contributed by atoms with Gasteiger partial charge in [-0.15, -0.1) is 0 Å². The van der Waals surface area contributed by atoms with E-state index in [1.807, 2.05) is 29.2 Å². The molecule has 7 heteroatoms. The number of amides is 1. The molecule has 2 aliphatic rings. The van der Waals surface area contributed by atoms with Gasteiger partial charge in [-0.25, -0.2) is 4.39 Å². The van der Waals surface area contributed by atoms with Gasteiger partial charge in [0.25, 0.3) is 0 Å². The van der Waals surface area contributed by atoms with Crippen molar-refractivity contribution in [3.05, 3.63) is 65.5 Å². The highest BCUT2D eigenvalue weighted by atomic mass is 19.1. The Kier molecular flexibility index (Phi) is 7.24. The van der Waals surface area contributed by atoms with Crippen molar-refractivity contribution in [1.29, 1.82) is 0 Å². The van der Waals surface area contributed by atoms with Crippen LogP contribution in [0.4, 0.5) is 10.1 Å². The van der Waals surface area contributed by atoms with E-state index in [0.29, 0.717) is 31.7 Å². The van der Waals surface area contributed by atoms with Crippen molar-refractivity contribution in [2.75, 3.05) is 44.2 Å². The third-order valence-corrected chi connectivity index (χ3v) is 6.11. The van der Waals surface area contributed by atoms with E-state index < -0.39 is 0 Å². The van der Waals surface area contributed by atoms with E-state index in [2.05, 4.69) is 34.2 Å². The van der Waals surface area contributed by atoms with Gasteiger partial charge in [-0.2, -0.15) is 0 Å². The second-order valence-electron chi connectivity index (χ2n) is 8.28. The van der Waals surface area contributed by atoms with Gasteiger partial charge in [-0.3, -0.25) is 9.79 Å². The molecule has 1 fully saturated rings. The van der Waals surface area contributed by atoms with Crippen molar-refractivity contribution < 1.29 is 9.18 Å². The van der Waals surface area contributed by atoms with Crippen LogP contribution in [0.15, 0.2) is 53.5 Å². The predicted octanol–water partition coefficient (Wildman–Crippen LogP) is 3.24. The maximum absolute atomic E-state index is 14.1. The molecule has 0 saturated carbocycles. The molecule has 6 nitrogen and oxygen atoms in total. The van der Waals surface area contributed by atoms with Crippen molar-refractivity contribution in [1.82, 2.24) is 15.1 Å². The molecule has 0 aromatic heterocycles. The lowest BCUT2D eigenvalue weighted by molar-refractivity contribution is -0.131. The Balaban J connectivity index is 1.25. The topological polar surface area (TPSA) is 51.2 Å². The largest absolute Gasteiger partial charge is 0.366 e. The quantitative estimate of drug-likeness (QED) is 0.428. The molecular weight excluding hydrogens is 405 g/mol. The molecule has 0 radical (unpaired) electrons. The molecule has 0 bridgehead atoms. The molecule has 1 amide bonds. The zero-order valence-electron chi connectivity index (χ0n) is 18.8. The zero-order valence-corrected chi connectivity index (χ0v) is 18.8. The highest BCUT2D eigenvalue weighted by molar-refractivity contribution is 5.80. The fraction of sp³-hybridized carbons (Fsp3) is 0.440. The predicted molar refractivity (Wildman–Crippen MR) is 126 cm³/mol. The maximum atomic E-state index is 14.1. The Morgan fingerprint density at radius 3 is 2.28 bits per heavy atom. The molecular formula is C25H32FN5O. The lowest BCUT2D eigenvalue weighted by atomic mass is 10.1. The van der Waals surface area contributed by atoms with E-state index in [4.69, 9.17) is 4.99 Å². The summed E-state index contributed by atoms with van der Waals surface area (Å²) < 4.78 is 14.1. The smallest absolute Gasteiger partial charge is 0.223 e. The molecule has 0 spiro atoms. The van der Waals surface area contributed by atoms with Crippen LogP contribution in [0.5, 0.6) is 0 Å². The first-order valence-electron chi connectivity index (χ1n) is 11.5. The highest BCUT2D eigenvalue weighted by Gasteiger charge is 2.23. The Morgan fingerprint density at radius 1 is 0.969 bits per heavy atom. The summed E-state index contributed by atoms with van der Waals surface area (Å²) in [6.07, 6.45) is 1.24. The van der Waals surface area contributed by atoms with Gasteiger partial charge in [0.2, 0.25) is 5.91 Å². The number of carbonyl (C=O) groups is 1. The zero-order chi connectivity index (χ0) is 22.3. The van der Waals surface area contributed by atoms with Gasteiger partial charge in [-0.1, -0.05) is 36.4 Å². The SMILES string of the molecule is CCNC(=NCCCC(=O)N1Cc2ccccc2C1)N1CCN(c2ccccc2F)CC1. The first-order chi connectivity index (χ1) is 15.7. The summed E-state index contributed by atoms with van der Waals surface area (Å²) in [6.45, 7) is 7.95. The number of hydrogen-bond acceptors (Lipinski definition) is 3. The molecule has 2 heterocycles. The van der Waals surface area contributed by atoms with Crippen LogP contribution >= 0.6 is 0 Å². The first kappa shape index (κ1) is 22.1. The van der Waals surface area contributed by atoms with Crippen molar-refractivity contribution in [3.8, 4) is 0 Å². The van der Waals surface area contributed by atoms with Crippen LogP contribution in [0, 0.1) is 5.82 Å². The lowest BCUT2D eigenvalue weighted by Crippen LogP contribution is -2.52. The van der Waals surface area contributed by atoms with E-state index >= 15 is 0 Å². The molecule has 2 aromatic rings. The minimum atomic E-state index is -0.174. The van der Waals surface area contributed by atoms with E-state index in [-0.39, 0.29) is 11.7 Å². The van der Waals surface area contributed by atoms with Crippen LogP contribution in [0.1, 0.15) is 30.9 Å². The van der Waals surface area contributed by atoms with Gasteiger partial charge in [-0.05, 0) is 36.6 Å². The summed E-state index contributed by atoms with van der Waals surface area (Å²) in [6, 6.07) is 15.2. The van der Waals surface area contributed by atoms with E-state index in [0.717, 1.165) is 45.1 Å². The summed E-state index contributed by atoms with van der Waals surface area (Å²) in [5.74, 6) is 0.897. The Bertz CT molecular complexity index is 930. The summed E-state index contributed by atoms with van der Waals surface area (Å²) in [4.78, 5) is 23.6. The molecule has 0 aliphatic carbocycles. The molecule has 32 heavy (non-hydrogen) atoms. The van der Waals surface area contributed by atoms with Crippen LogP contribution in [-0.4, -0.2) is 60.9 Å². The molecule has 0 atom stereocenters. The molecule has 170 valence electrons. The number of para-hydroxylation sites is 1. The monoisotopic (exact) mass is 437 g/mol. The second-order valence-corrected chi connectivity index (χ2v) is 8.28. The van der Waals surface area contributed by atoms with Gasteiger partial charge < -0.3 is 20.0 Å². The second kappa shape index (κ2) is 10.5. The average Bonchev–Trinajstić information content (AvgIpc) is 3.26. The molecule has 4 rings (SSSR count). The van der Waals surface area contributed by atoms with Crippen LogP contribution in [-0.2, 0) is 17.9 Å². The van der Waals surface area contributed by atoms with Crippen LogP contribution in [0.2, 0.25) is 0 Å². The Hall–Kier alpha value is -3.09. The number of halogens is 1. The number of carbonyl (C=O) groups excluding carboxylic acids is 1. The van der Waals surface area contributed by atoms with Crippen molar-refractivity contribution in [3.63, 3.8) is 0 Å². The standard InChI is InChI=1S/C25H32FN5O/c1-2-27-25(30-16-14-29(15-17-30)23-11-6-5-10-22(23)26)28-13-7-12-24(32)31-18-20-8-3-4-9-21(20)19-31/h3-6,8-11H,2,7,12-19H2,1H3,(H,27,28). The van der Waals surface area contributed by atoms with Crippen LogP contribution in [0.3, 0.4) is 0 Å². The number of piperazine rings is 1. The normalized spacial score (nSPS) is 16.3. The van der Waals surface area contributed by atoms with Gasteiger partial charge in [0.05, 0.1) is 5.69 Å². The molecule has 0 unspecified atom stereocenters. The van der Waals surface area contributed by atoms with Gasteiger partial charge >= 0.3 is 0 Å². The van der Waals surface area contributed by atoms with Gasteiger partial charge in [0, 0.05) is 58.8 Å². The van der Waals surface area contributed by atoms with Gasteiger partial charge in [0.15, 0.2) is 5.96 Å². The molecule has 1 N–H and O–H groups in total. The molecule has 1 saturated heterocycles. The van der Waals surface area contributed by atoms with Gasteiger partial charge in [0.1, 0.15) is 5.82 Å². The van der Waals surface area contributed by atoms with Crippen molar-refractivity contribution >= 4 is 17.6 Å². The number of rotatable bonds is 6. The minimum Gasteiger partial charge on any atom is -0.366 e. The van der Waals surface area contributed by atoms with Crippen molar-refractivity contribution in [2.45, 2.75) is 32.9 Å². The third kappa shape index (κ3) is 5.21. The number of hydrogen-bond donors (Lipinski definition) is 1. The highest BCUT2D eigenvalue weighted by Crippen LogP contribution is 2.23. The number of fused-ring (bicyclic) bond motifs is 1. The van der Waals surface area contributed by atoms with E-state index in [1.165, 1.54) is 17.2 Å². The fourth-order valence-corrected chi connectivity index (χ4v) is 4.38. The first-order valence-corrected chi connectivity index (χ1v) is 11.5. The average molecular weight is 438 g/mol. The van der Waals surface area contributed by atoms with E-state index in [1.54, 1.807) is 6.07 Å². The number of anilines is 1. The Morgan fingerprint density at radius 2 is 1.62 bits per heavy atom. The number of aliphatic imine (C=N–C) groups is 1. The summed E-state index contributed by atoms with van der Waals surface area (Å²) in [5, 5.41) is 3.36.